The Morgan fingerprint density at radius 2 is 1.69 bits per heavy atom. The highest BCUT2D eigenvalue weighted by atomic mass is 16.7. The fourth-order valence-corrected chi connectivity index (χ4v) is 4.74. The molecule has 0 saturated heterocycles. The molecule has 180 valence electrons. The van der Waals surface area contributed by atoms with Crippen molar-refractivity contribution in [2.75, 3.05) is 28.0 Å². The summed E-state index contributed by atoms with van der Waals surface area (Å²) in [6.45, 7) is 0.684. The number of rotatable bonds is 8. The van der Waals surface area contributed by atoms with Crippen molar-refractivity contribution in [2.24, 2.45) is 0 Å². The SMILES string of the molecule is COCc1ccc(CC(=O)C2(c3ccc4c(c3)OCO4)CC2)cc1-c1ccc(C(=O)N(C)C)cc1. The Morgan fingerprint density at radius 3 is 2.37 bits per heavy atom. The summed E-state index contributed by atoms with van der Waals surface area (Å²) in [5, 5.41) is 0. The molecule has 6 heteroatoms. The first kappa shape index (κ1) is 23.1. The first-order chi connectivity index (χ1) is 16.9. The summed E-state index contributed by atoms with van der Waals surface area (Å²) >= 11 is 0. The minimum absolute atomic E-state index is 0.0359. The van der Waals surface area contributed by atoms with E-state index in [1.165, 1.54) is 0 Å². The summed E-state index contributed by atoms with van der Waals surface area (Å²) in [5.74, 6) is 1.62. The van der Waals surface area contributed by atoms with Crippen molar-refractivity contribution >= 4 is 11.7 Å². The van der Waals surface area contributed by atoms with E-state index >= 15 is 0 Å². The van der Waals surface area contributed by atoms with Gasteiger partial charge in [0.15, 0.2) is 11.5 Å². The first-order valence-electron chi connectivity index (χ1n) is 11.8. The molecule has 1 amide bonds. The molecular weight excluding hydrogens is 442 g/mol. The molecule has 1 aliphatic heterocycles. The molecule has 5 rings (SSSR count). The smallest absolute Gasteiger partial charge is 0.253 e. The number of carbonyl (C=O) groups is 2. The Hall–Kier alpha value is -3.64. The Balaban J connectivity index is 1.40. The highest BCUT2D eigenvalue weighted by Crippen LogP contribution is 2.51. The Kier molecular flexibility index (Phi) is 6.07. The van der Waals surface area contributed by atoms with Crippen LogP contribution in [0.3, 0.4) is 0 Å². The van der Waals surface area contributed by atoms with Crippen molar-refractivity contribution in [1.82, 2.24) is 4.90 Å². The third kappa shape index (κ3) is 4.42. The maximum atomic E-state index is 13.5. The van der Waals surface area contributed by atoms with Gasteiger partial charge in [0.05, 0.1) is 12.0 Å². The third-order valence-electron chi connectivity index (χ3n) is 6.90. The van der Waals surface area contributed by atoms with Crippen molar-refractivity contribution in [2.45, 2.75) is 31.3 Å². The highest BCUT2D eigenvalue weighted by Gasteiger charge is 2.50. The number of ether oxygens (including phenoxy) is 3. The number of fused-ring (bicyclic) bond motifs is 1. The normalized spacial score (nSPS) is 15.1. The molecule has 0 bridgehead atoms. The second-order valence-electron chi connectivity index (χ2n) is 9.45. The van der Waals surface area contributed by atoms with Gasteiger partial charge in [-0.2, -0.15) is 0 Å². The Labute approximate surface area is 205 Å². The maximum Gasteiger partial charge on any atom is 0.253 e. The van der Waals surface area contributed by atoms with Gasteiger partial charge in [-0.05, 0) is 64.9 Å². The van der Waals surface area contributed by atoms with Gasteiger partial charge in [-0.1, -0.05) is 36.4 Å². The van der Waals surface area contributed by atoms with E-state index in [1.54, 1.807) is 26.1 Å². The van der Waals surface area contributed by atoms with E-state index in [-0.39, 0.29) is 18.5 Å². The molecule has 6 nitrogen and oxygen atoms in total. The second-order valence-corrected chi connectivity index (χ2v) is 9.45. The molecule has 3 aromatic carbocycles. The van der Waals surface area contributed by atoms with Crippen LogP contribution in [0.25, 0.3) is 11.1 Å². The first-order valence-corrected chi connectivity index (χ1v) is 11.8. The fraction of sp³-hybridized carbons (Fsp3) is 0.310. The molecule has 0 aromatic heterocycles. The maximum absolute atomic E-state index is 13.5. The molecule has 0 spiro atoms. The van der Waals surface area contributed by atoms with Gasteiger partial charge in [0.2, 0.25) is 6.79 Å². The van der Waals surface area contributed by atoms with Crippen LogP contribution in [0.5, 0.6) is 11.5 Å². The van der Waals surface area contributed by atoms with Gasteiger partial charge in [0.1, 0.15) is 5.78 Å². The topological polar surface area (TPSA) is 65.1 Å². The number of amides is 1. The second kappa shape index (κ2) is 9.19. The number of nitrogens with zero attached hydrogens (tertiary/aromatic N) is 1. The number of methoxy groups -OCH3 is 1. The summed E-state index contributed by atoms with van der Waals surface area (Å²) in [6.07, 6.45) is 2.05. The number of ketones is 1. The average molecular weight is 472 g/mol. The summed E-state index contributed by atoms with van der Waals surface area (Å²) < 4.78 is 16.4. The molecule has 3 aromatic rings. The van der Waals surface area contributed by atoms with Crippen LogP contribution < -0.4 is 9.47 Å². The van der Waals surface area contributed by atoms with Gasteiger partial charge in [-0.3, -0.25) is 9.59 Å². The van der Waals surface area contributed by atoms with E-state index in [4.69, 9.17) is 14.2 Å². The van der Waals surface area contributed by atoms with Crippen molar-refractivity contribution in [3.63, 3.8) is 0 Å². The fourth-order valence-electron chi connectivity index (χ4n) is 4.74. The molecule has 0 atom stereocenters. The molecule has 35 heavy (non-hydrogen) atoms. The predicted octanol–water partition coefficient (Wildman–Crippen LogP) is 4.77. The number of hydrogen-bond acceptors (Lipinski definition) is 5. The minimum Gasteiger partial charge on any atom is -0.454 e. The van der Waals surface area contributed by atoms with E-state index < -0.39 is 5.41 Å². The molecule has 1 aliphatic carbocycles. The van der Waals surface area contributed by atoms with Gasteiger partial charge < -0.3 is 19.1 Å². The van der Waals surface area contributed by atoms with Crippen LogP contribution in [0.1, 0.15) is 39.9 Å². The van der Waals surface area contributed by atoms with E-state index in [0.29, 0.717) is 24.3 Å². The zero-order valence-corrected chi connectivity index (χ0v) is 20.3. The molecule has 0 unspecified atom stereocenters. The van der Waals surface area contributed by atoms with Crippen LogP contribution in [0.2, 0.25) is 0 Å². The number of carbonyl (C=O) groups excluding carboxylic acids is 2. The van der Waals surface area contributed by atoms with E-state index in [9.17, 15) is 9.59 Å². The molecule has 1 heterocycles. The van der Waals surface area contributed by atoms with Crippen LogP contribution >= 0.6 is 0 Å². The van der Waals surface area contributed by atoms with Gasteiger partial charge in [-0.25, -0.2) is 0 Å². The Morgan fingerprint density at radius 1 is 0.943 bits per heavy atom. The molecule has 0 radical (unpaired) electrons. The Bertz CT molecular complexity index is 1270. The van der Waals surface area contributed by atoms with Crippen molar-refractivity contribution in [1.29, 1.82) is 0 Å². The van der Waals surface area contributed by atoms with Gasteiger partial charge in [0.25, 0.3) is 5.91 Å². The van der Waals surface area contributed by atoms with Gasteiger partial charge in [0, 0.05) is 33.2 Å². The summed E-state index contributed by atoms with van der Waals surface area (Å²) in [6, 6.07) is 19.5. The monoisotopic (exact) mass is 471 g/mol. The van der Waals surface area contributed by atoms with Crippen LogP contribution in [-0.2, 0) is 28.0 Å². The van der Waals surface area contributed by atoms with E-state index in [2.05, 4.69) is 6.07 Å². The van der Waals surface area contributed by atoms with E-state index in [0.717, 1.165) is 46.4 Å². The zero-order valence-electron chi connectivity index (χ0n) is 20.3. The number of benzene rings is 3. The molecular formula is C29H29NO5. The standard InChI is InChI=1S/C29H29NO5/c1-30(2)28(32)21-8-6-20(7-9-21)24-14-19(4-5-22(24)17-33-3)15-27(31)29(12-13-29)23-10-11-25-26(16-23)35-18-34-25/h4-11,14,16H,12-13,15,17-18H2,1-3H3. The van der Waals surface area contributed by atoms with Crippen LogP contribution in [0.4, 0.5) is 0 Å². The van der Waals surface area contributed by atoms with Crippen molar-refractivity contribution in [3.05, 3.63) is 82.9 Å². The molecule has 1 fully saturated rings. The zero-order chi connectivity index (χ0) is 24.6. The van der Waals surface area contributed by atoms with Crippen LogP contribution in [0, 0.1) is 0 Å². The van der Waals surface area contributed by atoms with Crippen LogP contribution in [0.15, 0.2) is 60.7 Å². The van der Waals surface area contributed by atoms with Crippen LogP contribution in [-0.4, -0.2) is 44.6 Å². The average Bonchev–Trinajstić information content (AvgIpc) is 3.55. The number of Topliss-reactive ketones (excluding diaryl/α,β-unsaturated/α-hetero) is 1. The largest absolute Gasteiger partial charge is 0.454 e. The third-order valence-corrected chi connectivity index (χ3v) is 6.90. The summed E-state index contributed by atoms with van der Waals surface area (Å²) in [7, 11) is 5.15. The van der Waals surface area contributed by atoms with Gasteiger partial charge >= 0.3 is 0 Å². The lowest BCUT2D eigenvalue weighted by Gasteiger charge is -2.17. The lowest BCUT2D eigenvalue weighted by Crippen LogP contribution is -2.22. The predicted molar refractivity (Wildman–Crippen MR) is 133 cm³/mol. The molecule has 1 saturated carbocycles. The number of hydrogen-bond donors (Lipinski definition) is 0. The van der Waals surface area contributed by atoms with Gasteiger partial charge in [-0.15, -0.1) is 0 Å². The van der Waals surface area contributed by atoms with Crippen molar-refractivity contribution < 1.29 is 23.8 Å². The molecule has 2 aliphatic rings. The lowest BCUT2D eigenvalue weighted by molar-refractivity contribution is -0.120. The summed E-state index contributed by atoms with van der Waals surface area (Å²) in [5.41, 5.74) is 5.19. The van der Waals surface area contributed by atoms with Crippen molar-refractivity contribution in [3.8, 4) is 22.6 Å². The minimum atomic E-state index is -0.444. The van der Waals surface area contributed by atoms with E-state index in [1.807, 2.05) is 54.6 Å². The summed E-state index contributed by atoms with van der Waals surface area (Å²) in [4.78, 5) is 27.3. The quantitative estimate of drug-likeness (QED) is 0.473. The lowest BCUT2D eigenvalue weighted by atomic mass is 9.86. The molecule has 0 N–H and O–H groups in total. The highest BCUT2D eigenvalue weighted by molar-refractivity contribution is 5.95.